The highest BCUT2D eigenvalue weighted by molar-refractivity contribution is 9.10. The second kappa shape index (κ2) is 4.02. The predicted octanol–water partition coefficient (Wildman–Crippen LogP) is 3.18. The summed E-state index contributed by atoms with van der Waals surface area (Å²) < 4.78 is 26.4. The Morgan fingerprint density at radius 2 is 1.73 bits per heavy atom. The average molecular weight is 271 g/mol. The summed E-state index contributed by atoms with van der Waals surface area (Å²) in [5.74, 6) is -1.01. The lowest BCUT2D eigenvalue weighted by molar-refractivity contribution is 0.584. The van der Waals surface area contributed by atoms with Crippen molar-refractivity contribution >= 4 is 15.9 Å². The molecule has 2 rings (SSSR count). The molecule has 0 saturated heterocycles. The van der Waals surface area contributed by atoms with Gasteiger partial charge in [-0.2, -0.15) is 0 Å². The van der Waals surface area contributed by atoms with E-state index in [0.717, 1.165) is 6.07 Å². The molecule has 1 heterocycles. The largest absolute Gasteiger partial charge is 0.237 e. The number of hydrogen-bond donors (Lipinski definition) is 0. The van der Waals surface area contributed by atoms with Gasteiger partial charge in [0.1, 0.15) is 16.2 Å². The van der Waals surface area contributed by atoms with E-state index in [4.69, 9.17) is 0 Å². The maximum atomic E-state index is 12.9. The van der Waals surface area contributed by atoms with E-state index in [9.17, 15) is 8.78 Å². The number of halogens is 3. The summed E-state index contributed by atoms with van der Waals surface area (Å²) in [5, 5.41) is 0. The van der Waals surface area contributed by atoms with Gasteiger partial charge >= 0.3 is 0 Å². The third-order valence-corrected chi connectivity index (χ3v) is 2.18. The van der Waals surface area contributed by atoms with E-state index in [1.54, 1.807) is 6.07 Å². The van der Waals surface area contributed by atoms with Crippen molar-refractivity contribution in [3.8, 4) is 11.4 Å². The third kappa shape index (κ3) is 2.36. The van der Waals surface area contributed by atoms with Crippen LogP contribution in [0.25, 0.3) is 11.4 Å². The molecule has 5 heteroatoms. The number of benzene rings is 1. The van der Waals surface area contributed by atoms with Gasteiger partial charge in [0.25, 0.3) is 0 Å². The zero-order chi connectivity index (χ0) is 10.8. The molecule has 1 aromatic heterocycles. The van der Waals surface area contributed by atoms with Gasteiger partial charge in [-0.15, -0.1) is 0 Å². The Balaban J connectivity index is 2.54. The summed E-state index contributed by atoms with van der Waals surface area (Å²) >= 11 is 3.16. The fourth-order valence-corrected chi connectivity index (χ4v) is 1.44. The Morgan fingerprint density at radius 3 is 2.33 bits per heavy atom. The van der Waals surface area contributed by atoms with Crippen LogP contribution in [0.15, 0.2) is 35.1 Å². The van der Waals surface area contributed by atoms with Gasteiger partial charge in [-0.25, -0.2) is 18.7 Å². The predicted molar refractivity (Wildman–Crippen MR) is 55.1 cm³/mol. The molecule has 2 aromatic rings. The Morgan fingerprint density at radius 1 is 1.07 bits per heavy atom. The first-order valence-electron chi connectivity index (χ1n) is 4.10. The summed E-state index contributed by atoms with van der Waals surface area (Å²) in [6.07, 6.45) is 1.51. The minimum Gasteiger partial charge on any atom is -0.237 e. The van der Waals surface area contributed by atoms with Gasteiger partial charge in [0.2, 0.25) is 0 Å². The van der Waals surface area contributed by atoms with Gasteiger partial charge in [-0.05, 0) is 34.1 Å². The van der Waals surface area contributed by atoms with Crippen LogP contribution in [-0.4, -0.2) is 9.97 Å². The van der Waals surface area contributed by atoms with E-state index in [-0.39, 0.29) is 5.82 Å². The number of hydrogen-bond acceptors (Lipinski definition) is 2. The van der Waals surface area contributed by atoms with Crippen molar-refractivity contribution in [3.63, 3.8) is 0 Å². The molecule has 2 nitrogen and oxygen atoms in total. The molecule has 76 valence electrons. The quantitative estimate of drug-likeness (QED) is 0.744. The van der Waals surface area contributed by atoms with Gasteiger partial charge in [0.05, 0.1) is 0 Å². The second-order valence-electron chi connectivity index (χ2n) is 2.86. The summed E-state index contributed by atoms with van der Waals surface area (Å²) in [6, 6.07) is 4.82. The molecule has 1 aromatic carbocycles. The van der Waals surface area contributed by atoms with E-state index in [2.05, 4.69) is 25.9 Å². The van der Waals surface area contributed by atoms with Crippen molar-refractivity contribution in [3.05, 3.63) is 46.7 Å². The van der Waals surface area contributed by atoms with E-state index in [1.165, 1.54) is 18.3 Å². The van der Waals surface area contributed by atoms with Gasteiger partial charge in [0.15, 0.2) is 5.82 Å². The van der Waals surface area contributed by atoms with E-state index in [1.807, 2.05) is 0 Å². The lowest BCUT2D eigenvalue weighted by atomic mass is 10.2. The topological polar surface area (TPSA) is 25.8 Å². The van der Waals surface area contributed by atoms with Gasteiger partial charge < -0.3 is 0 Å². The molecule has 0 amide bonds. The lowest BCUT2D eigenvalue weighted by Crippen LogP contribution is -1.90. The minimum atomic E-state index is -0.645. The normalized spacial score (nSPS) is 10.3. The molecule has 0 saturated carbocycles. The molecule has 0 fully saturated rings. The van der Waals surface area contributed by atoms with Crippen LogP contribution in [0.3, 0.4) is 0 Å². The molecule has 0 aliphatic heterocycles. The zero-order valence-electron chi connectivity index (χ0n) is 7.42. The smallest absolute Gasteiger partial charge is 0.160 e. The van der Waals surface area contributed by atoms with Crippen molar-refractivity contribution in [1.82, 2.24) is 9.97 Å². The van der Waals surface area contributed by atoms with Crippen molar-refractivity contribution in [2.75, 3.05) is 0 Å². The molecule has 0 unspecified atom stereocenters. The van der Waals surface area contributed by atoms with Crippen LogP contribution in [-0.2, 0) is 0 Å². The van der Waals surface area contributed by atoms with E-state index in [0.29, 0.717) is 10.2 Å². The Kier molecular flexibility index (Phi) is 2.73. The maximum absolute atomic E-state index is 12.9. The van der Waals surface area contributed by atoms with E-state index < -0.39 is 11.6 Å². The van der Waals surface area contributed by atoms with Crippen LogP contribution in [0.5, 0.6) is 0 Å². The fourth-order valence-electron chi connectivity index (χ4n) is 1.16. The van der Waals surface area contributed by atoms with Crippen molar-refractivity contribution in [1.29, 1.82) is 0 Å². The Bertz CT molecular complexity index is 482. The Labute approximate surface area is 93.1 Å². The summed E-state index contributed by atoms with van der Waals surface area (Å²) in [5.41, 5.74) is 0.314. The van der Waals surface area contributed by atoms with Crippen LogP contribution in [0.2, 0.25) is 0 Å². The monoisotopic (exact) mass is 270 g/mol. The highest BCUT2D eigenvalue weighted by atomic mass is 79.9. The second-order valence-corrected chi connectivity index (χ2v) is 3.67. The maximum Gasteiger partial charge on any atom is 0.160 e. The third-order valence-electron chi connectivity index (χ3n) is 1.74. The molecule has 0 N–H and O–H groups in total. The SMILES string of the molecule is Fc1cc(F)cc(-c2nccc(Br)n2)c1. The molecule has 0 spiro atoms. The molecule has 0 radical (unpaired) electrons. The van der Waals surface area contributed by atoms with E-state index >= 15 is 0 Å². The average Bonchev–Trinajstić information content (AvgIpc) is 2.16. The molecule has 0 aliphatic rings. The van der Waals surface area contributed by atoms with Crippen molar-refractivity contribution in [2.24, 2.45) is 0 Å². The highest BCUT2D eigenvalue weighted by Crippen LogP contribution is 2.19. The molecule has 0 atom stereocenters. The number of nitrogens with zero attached hydrogens (tertiary/aromatic N) is 2. The van der Waals surface area contributed by atoms with Crippen molar-refractivity contribution in [2.45, 2.75) is 0 Å². The molecule has 0 aliphatic carbocycles. The van der Waals surface area contributed by atoms with Gasteiger partial charge in [-0.3, -0.25) is 0 Å². The van der Waals surface area contributed by atoms with Crippen LogP contribution in [0.1, 0.15) is 0 Å². The lowest BCUT2D eigenvalue weighted by Gasteiger charge is -2.00. The van der Waals surface area contributed by atoms with Crippen LogP contribution >= 0.6 is 15.9 Å². The molecule has 15 heavy (non-hydrogen) atoms. The minimum absolute atomic E-state index is 0.280. The fraction of sp³-hybridized carbons (Fsp3) is 0. The van der Waals surface area contributed by atoms with Crippen LogP contribution in [0.4, 0.5) is 8.78 Å². The number of aromatic nitrogens is 2. The summed E-state index contributed by atoms with van der Waals surface area (Å²) in [6.45, 7) is 0. The van der Waals surface area contributed by atoms with Crippen LogP contribution in [0, 0.1) is 11.6 Å². The van der Waals surface area contributed by atoms with Crippen molar-refractivity contribution < 1.29 is 8.78 Å². The number of rotatable bonds is 1. The van der Waals surface area contributed by atoms with Crippen LogP contribution < -0.4 is 0 Å². The molecular formula is C10H5BrF2N2. The summed E-state index contributed by atoms with van der Waals surface area (Å²) in [7, 11) is 0. The zero-order valence-corrected chi connectivity index (χ0v) is 9.00. The first kappa shape index (κ1) is 10.2. The standard InChI is InChI=1S/C10H5BrF2N2/c11-9-1-2-14-10(15-9)6-3-7(12)5-8(13)4-6/h1-5H. The molecular weight excluding hydrogens is 266 g/mol. The first-order valence-corrected chi connectivity index (χ1v) is 4.89. The molecule has 0 bridgehead atoms. The van der Waals surface area contributed by atoms with Gasteiger partial charge in [-0.1, -0.05) is 0 Å². The Hall–Kier alpha value is -1.36. The first-order chi connectivity index (χ1) is 7.15. The highest BCUT2D eigenvalue weighted by Gasteiger charge is 2.05. The van der Waals surface area contributed by atoms with Gasteiger partial charge in [0, 0.05) is 17.8 Å². The summed E-state index contributed by atoms with van der Waals surface area (Å²) in [4.78, 5) is 7.92.